The molecule has 1 nitrogen and oxygen atoms in total. The fourth-order valence-electron chi connectivity index (χ4n) is 2.00. The van der Waals surface area contributed by atoms with E-state index in [4.69, 9.17) is 4.74 Å². The standard InChI is InChI=1S/C15H32O/c1-13(2)9-7-10-14(3)11-8-12-15(4,5)16-6/h13-14H,7-12H2,1-6H3. The average molecular weight is 228 g/mol. The molecule has 16 heavy (non-hydrogen) atoms. The minimum atomic E-state index is 0.0671. The van der Waals surface area contributed by atoms with E-state index in [9.17, 15) is 0 Å². The molecule has 1 heteroatoms. The fourth-order valence-corrected chi connectivity index (χ4v) is 2.00. The van der Waals surface area contributed by atoms with Gasteiger partial charge in [-0.3, -0.25) is 0 Å². The lowest BCUT2D eigenvalue weighted by atomic mass is 9.92. The maximum atomic E-state index is 5.43. The normalized spacial score (nSPS) is 14.4. The van der Waals surface area contributed by atoms with E-state index >= 15 is 0 Å². The Morgan fingerprint density at radius 1 is 0.938 bits per heavy atom. The van der Waals surface area contributed by atoms with Crippen LogP contribution >= 0.6 is 0 Å². The van der Waals surface area contributed by atoms with Crippen LogP contribution < -0.4 is 0 Å². The molecule has 0 aliphatic carbocycles. The highest BCUT2D eigenvalue weighted by molar-refractivity contribution is 4.68. The molecule has 0 saturated heterocycles. The lowest BCUT2D eigenvalue weighted by Crippen LogP contribution is -2.22. The van der Waals surface area contributed by atoms with Crippen molar-refractivity contribution in [1.82, 2.24) is 0 Å². The molecular formula is C15H32O. The van der Waals surface area contributed by atoms with E-state index in [-0.39, 0.29) is 5.60 Å². The van der Waals surface area contributed by atoms with Gasteiger partial charge < -0.3 is 4.74 Å². The summed E-state index contributed by atoms with van der Waals surface area (Å²) in [7, 11) is 1.81. The summed E-state index contributed by atoms with van der Waals surface area (Å²) in [6, 6.07) is 0. The minimum Gasteiger partial charge on any atom is -0.379 e. The molecule has 98 valence electrons. The number of hydrogen-bond acceptors (Lipinski definition) is 1. The van der Waals surface area contributed by atoms with Crippen LogP contribution in [0.5, 0.6) is 0 Å². The Morgan fingerprint density at radius 2 is 1.50 bits per heavy atom. The molecule has 0 radical (unpaired) electrons. The largest absolute Gasteiger partial charge is 0.379 e. The Labute approximate surface area is 103 Å². The van der Waals surface area contributed by atoms with Gasteiger partial charge in [-0.1, -0.05) is 52.9 Å². The molecule has 0 amide bonds. The zero-order valence-corrected chi connectivity index (χ0v) is 12.3. The highest BCUT2D eigenvalue weighted by Crippen LogP contribution is 2.22. The van der Waals surface area contributed by atoms with Crippen molar-refractivity contribution in [3.63, 3.8) is 0 Å². The van der Waals surface area contributed by atoms with E-state index in [1.807, 2.05) is 7.11 Å². The Hall–Kier alpha value is -0.0400. The fraction of sp³-hybridized carbons (Fsp3) is 1.00. The third kappa shape index (κ3) is 9.21. The second-order valence-electron chi connectivity index (χ2n) is 6.29. The molecule has 1 atom stereocenters. The SMILES string of the molecule is COC(C)(C)CCCC(C)CCCC(C)C. The van der Waals surface area contributed by atoms with Crippen LogP contribution in [-0.2, 0) is 4.74 Å². The molecule has 0 fully saturated rings. The predicted molar refractivity (Wildman–Crippen MR) is 72.8 cm³/mol. The van der Waals surface area contributed by atoms with Crippen molar-refractivity contribution in [2.75, 3.05) is 7.11 Å². The van der Waals surface area contributed by atoms with Gasteiger partial charge in [-0.25, -0.2) is 0 Å². The quantitative estimate of drug-likeness (QED) is 0.537. The van der Waals surface area contributed by atoms with Gasteiger partial charge in [-0.2, -0.15) is 0 Å². The van der Waals surface area contributed by atoms with Crippen molar-refractivity contribution in [3.8, 4) is 0 Å². The van der Waals surface area contributed by atoms with E-state index in [0.717, 1.165) is 11.8 Å². The summed E-state index contributed by atoms with van der Waals surface area (Å²) in [6.07, 6.45) is 8.00. The molecule has 0 heterocycles. The first-order valence-corrected chi connectivity index (χ1v) is 6.92. The van der Waals surface area contributed by atoms with Gasteiger partial charge in [0.15, 0.2) is 0 Å². The highest BCUT2D eigenvalue weighted by Gasteiger charge is 2.15. The number of rotatable bonds is 9. The molecular weight excluding hydrogens is 196 g/mol. The lowest BCUT2D eigenvalue weighted by molar-refractivity contribution is 0.0127. The van der Waals surface area contributed by atoms with Crippen LogP contribution in [0.25, 0.3) is 0 Å². The summed E-state index contributed by atoms with van der Waals surface area (Å²) >= 11 is 0. The smallest absolute Gasteiger partial charge is 0.0622 e. The van der Waals surface area contributed by atoms with E-state index in [1.54, 1.807) is 0 Å². The first kappa shape index (κ1) is 16.0. The second kappa shape index (κ2) is 8.11. The summed E-state index contributed by atoms with van der Waals surface area (Å²) in [5.74, 6) is 1.74. The molecule has 0 bridgehead atoms. The number of hydrogen-bond donors (Lipinski definition) is 0. The third-order valence-corrected chi connectivity index (χ3v) is 3.51. The maximum absolute atomic E-state index is 5.43. The average Bonchev–Trinajstić information content (AvgIpc) is 2.17. The van der Waals surface area contributed by atoms with E-state index in [0.29, 0.717) is 0 Å². The lowest BCUT2D eigenvalue weighted by Gasteiger charge is -2.23. The van der Waals surface area contributed by atoms with Gasteiger partial charge in [0.25, 0.3) is 0 Å². The Morgan fingerprint density at radius 3 is 2.00 bits per heavy atom. The van der Waals surface area contributed by atoms with Crippen LogP contribution in [0, 0.1) is 11.8 Å². The van der Waals surface area contributed by atoms with E-state index < -0.39 is 0 Å². The van der Waals surface area contributed by atoms with Crippen molar-refractivity contribution in [3.05, 3.63) is 0 Å². The minimum absolute atomic E-state index is 0.0671. The van der Waals surface area contributed by atoms with Crippen LogP contribution in [0.4, 0.5) is 0 Å². The first-order chi connectivity index (χ1) is 7.37. The number of methoxy groups -OCH3 is 1. The summed E-state index contributed by atoms with van der Waals surface area (Å²) in [5.41, 5.74) is 0.0671. The zero-order valence-electron chi connectivity index (χ0n) is 12.3. The predicted octanol–water partition coefficient (Wildman–Crippen LogP) is 5.04. The summed E-state index contributed by atoms with van der Waals surface area (Å²) in [6.45, 7) is 11.4. The molecule has 0 rings (SSSR count). The topological polar surface area (TPSA) is 9.23 Å². The maximum Gasteiger partial charge on any atom is 0.0622 e. The second-order valence-corrected chi connectivity index (χ2v) is 6.29. The summed E-state index contributed by atoms with van der Waals surface area (Å²) in [5, 5.41) is 0. The van der Waals surface area contributed by atoms with Gasteiger partial charge in [-0.15, -0.1) is 0 Å². The van der Waals surface area contributed by atoms with Crippen LogP contribution in [0.3, 0.4) is 0 Å². The molecule has 0 saturated carbocycles. The molecule has 0 aromatic carbocycles. The van der Waals surface area contributed by atoms with Crippen LogP contribution in [0.15, 0.2) is 0 Å². The van der Waals surface area contributed by atoms with E-state index in [2.05, 4.69) is 34.6 Å². The Bertz CT molecular complexity index is 161. The monoisotopic (exact) mass is 228 g/mol. The van der Waals surface area contributed by atoms with Crippen LogP contribution in [0.2, 0.25) is 0 Å². The van der Waals surface area contributed by atoms with Crippen LogP contribution in [-0.4, -0.2) is 12.7 Å². The van der Waals surface area contributed by atoms with Crippen molar-refractivity contribution in [1.29, 1.82) is 0 Å². The molecule has 0 aliphatic rings. The van der Waals surface area contributed by atoms with E-state index in [1.165, 1.54) is 38.5 Å². The first-order valence-electron chi connectivity index (χ1n) is 6.92. The van der Waals surface area contributed by atoms with Crippen molar-refractivity contribution in [2.24, 2.45) is 11.8 Å². The number of ether oxygens (including phenoxy) is 1. The molecule has 0 aromatic rings. The zero-order chi connectivity index (χ0) is 12.6. The Balaban J connectivity index is 3.47. The van der Waals surface area contributed by atoms with Gasteiger partial charge in [0.1, 0.15) is 0 Å². The van der Waals surface area contributed by atoms with Crippen molar-refractivity contribution in [2.45, 2.75) is 78.7 Å². The van der Waals surface area contributed by atoms with Gasteiger partial charge in [0.05, 0.1) is 5.60 Å². The van der Waals surface area contributed by atoms with Crippen molar-refractivity contribution >= 4 is 0 Å². The van der Waals surface area contributed by atoms with Gasteiger partial charge in [-0.05, 0) is 32.1 Å². The van der Waals surface area contributed by atoms with Gasteiger partial charge >= 0.3 is 0 Å². The third-order valence-electron chi connectivity index (χ3n) is 3.51. The molecule has 0 N–H and O–H groups in total. The molecule has 1 unspecified atom stereocenters. The van der Waals surface area contributed by atoms with Gasteiger partial charge in [0, 0.05) is 7.11 Å². The van der Waals surface area contributed by atoms with Gasteiger partial charge in [0.2, 0.25) is 0 Å². The highest BCUT2D eigenvalue weighted by atomic mass is 16.5. The Kier molecular flexibility index (Phi) is 8.09. The summed E-state index contributed by atoms with van der Waals surface area (Å²) < 4.78 is 5.43. The molecule has 0 spiro atoms. The summed E-state index contributed by atoms with van der Waals surface area (Å²) in [4.78, 5) is 0. The molecule has 0 aliphatic heterocycles. The van der Waals surface area contributed by atoms with Crippen LogP contribution in [0.1, 0.15) is 73.1 Å². The van der Waals surface area contributed by atoms with Crippen molar-refractivity contribution < 1.29 is 4.74 Å². The molecule has 0 aromatic heterocycles.